The van der Waals surface area contributed by atoms with E-state index in [-0.39, 0.29) is 5.78 Å². The number of ketones is 1. The highest BCUT2D eigenvalue weighted by atomic mass is 16.1. The van der Waals surface area contributed by atoms with E-state index in [1.54, 1.807) is 12.3 Å². The maximum atomic E-state index is 12.6. The minimum absolute atomic E-state index is 0.00221. The van der Waals surface area contributed by atoms with E-state index in [0.717, 1.165) is 21.9 Å². The average Bonchev–Trinajstić information content (AvgIpc) is 3.14. The first-order valence-corrected chi connectivity index (χ1v) is 8.56. The number of nitrogens with zero attached hydrogens (tertiary/aromatic N) is 2. The van der Waals surface area contributed by atoms with Crippen molar-refractivity contribution in [3.05, 3.63) is 108 Å². The molecule has 1 heterocycles. The molecule has 4 rings (SSSR count). The first-order chi connectivity index (χ1) is 12.8. The van der Waals surface area contributed by atoms with E-state index in [1.165, 1.54) is 5.56 Å². The zero-order valence-corrected chi connectivity index (χ0v) is 14.2. The van der Waals surface area contributed by atoms with E-state index in [0.29, 0.717) is 6.54 Å². The van der Waals surface area contributed by atoms with Gasteiger partial charge < -0.3 is 0 Å². The number of benzene rings is 3. The Morgan fingerprint density at radius 3 is 2.58 bits per heavy atom. The summed E-state index contributed by atoms with van der Waals surface area (Å²) in [4.78, 5) is 12.6. The molecule has 3 nitrogen and oxygen atoms in total. The van der Waals surface area contributed by atoms with Crippen LogP contribution in [0.5, 0.6) is 0 Å². The van der Waals surface area contributed by atoms with E-state index < -0.39 is 0 Å². The molecule has 0 saturated heterocycles. The van der Waals surface area contributed by atoms with Crippen LogP contribution in [0.1, 0.15) is 21.5 Å². The molecular weight excluding hydrogens is 320 g/mol. The van der Waals surface area contributed by atoms with Crippen LogP contribution in [0, 0.1) is 0 Å². The predicted molar refractivity (Wildman–Crippen MR) is 105 cm³/mol. The Kier molecular flexibility index (Phi) is 4.44. The molecule has 0 fully saturated rings. The highest BCUT2D eigenvalue weighted by molar-refractivity contribution is 6.14. The van der Waals surface area contributed by atoms with Crippen LogP contribution in [-0.2, 0) is 6.54 Å². The van der Waals surface area contributed by atoms with Crippen LogP contribution >= 0.6 is 0 Å². The van der Waals surface area contributed by atoms with Gasteiger partial charge >= 0.3 is 0 Å². The van der Waals surface area contributed by atoms with Gasteiger partial charge in [0.05, 0.1) is 12.7 Å². The van der Waals surface area contributed by atoms with E-state index in [1.807, 2.05) is 77.6 Å². The Bertz CT molecular complexity index is 1070. The van der Waals surface area contributed by atoms with Gasteiger partial charge in [-0.25, -0.2) is 0 Å². The standard InChI is InChI=1S/C23H18N2O/c26-23(22-12-6-10-20-9-4-5-11-21(20)22)14-13-19-15-24-25(17-19)16-18-7-2-1-3-8-18/h1-15,17H,16H2/b14-13+. The topological polar surface area (TPSA) is 34.9 Å². The molecule has 0 atom stereocenters. The molecule has 3 heteroatoms. The van der Waals surface area contributed by atoms with Crippen molar-refractivity contribution in [1.82, 2.24) is 9.78 Å². The summed E-state index contributed by atoms with van der Waals surface area (Å²) < 4.78 is 1.87. The first-order valence-electron chi connectivity index (χ1n) is 8.56. The predicted octanol–water partition coefficient (Wildman–Crippen LogP) is 4.98. The lowest BCUT2D eigenvalue weighted by molar-refractivity contribution is 0.104. The first kappa shape index (κ1) is 16.0. The van der Waals surface area contributed by atoms with Crippen LogP contribution in [0.3, 0.4) is 0 Å². The van der Waals surface area contributed by atoms with Gasteiger partial charge in [-0.2, -0.15) is 5.10 Å². The second-order valence-corrected chi connectivity index (χ2v) is 6.18. The van der Waals surface area contributed by atoms with E-state index in [2.05, 4.69) is 17.2 Å². The lowest BCUT2D eigenvalue weighted by Gasteiger charge is -2.02. The van der Waals surface area contributed by atoms with E-state index >= 15 is 0 Å². The Balaban J connectivity index is 1.52. The van der Waals surface area contributed by atoms with Crippen molar-refractivity contribution >= 4 is 22.6 Å². The highest BCUT2D eigenvalue weighted by Gasteiger charge is 2.06. The Labute approximate surface area is 152 Å². The van der Waals surface area contributed by atoms with Gasteiger partial charge in [0.25, 0.3) is 0 Å². The molecule has 0 N–H and O–H groups in total. The summed E-state index contributed by atoms with van der Waals surface area (Å²) in [5.74, 6) is -0.00221. The molecular formula is C23H18N2O. The van der Waals surface area contributed by atoms with Crippen molar-refractivity contribution in [2.24, 2.45) is 0 Å². The van der Waals surface area contributed by atoms with Crippen LogP contribution in [0.2, 0.25) is 0 Å². The lowest BCUT2D eigenvalue weighted by atomic mass is 10.0. The van der Waals surface area contributed by atoms with Gasteiger partial charge in [-0.15, -0.1) is 0 Å². The largest absolute Gasteiger partial charge is 0.289 e. The van der Waals surface area contributed by atoms with Crippen molar-refractivity contribution in [2.75, 3.05) is 0 Å². The monoisotopic (exact) mass is 338 g/mol. The third-order valence-electron chi connectivity index (χ3n) is 4.32. The minimum atomic E-state index is -0.00221. The van der Waals surface area contributed by atoms with Crippen LogP contribution < -0.4 is 0 Å². The molecule has 0 aliphatic carbocycles. The van der Waals surface area contributed by atoms with Gasteiger partial charge in [-0.1, -0.05) is 72.8 Å². The van der Waals surface area contributed by atoms with Crippen LogP contribution in [0.4, 0.5) is 0 Å². The number of hydrogen-bond acceptors (Lipinski definition) is 2. The number of aromatic nitrogens is 2. The molecule has 4 aromatic rings. The molecule has 0 amide bonds. The number of fused-ring (bicyclic) bond motifs is 1. The fourth-order valence-corrected chi connectivity index (χ4v) is 3.02. The number of carbonyl (C=O) groups is 1. The smallest absolute Gasteiger partial charge is 0.186 e. The second kappa shape index (κ2) is 7.19. The lowest BCUT2D eigenvalue weighted by Crippen LogP contribution is -1.99. The molecule has 26 heavy (non-hydrogen) atoms. The Morgan fingerprint density at radius 2 is 1.69 bits per heavy atom. The van der Waals surface area contributed by atoms with Gasteiger partial charge in [-0.3, -0.25) is 9.48 Å². The molecule has 126 valence electrons. The summed E-state index contributed by atoms with van der Waals surface area (Å²) in [5, 5.41) is 6.41. The van der Waals surface area contributed by atoms with Crippen molar-refractivity contribution in [1.29, 1.82) is 0 Å². The molecule has 0 unspecified atom stereocenters. The molecule has 3 aromatic carbocycles. The fraction of sp³-hybridized carbons (Fsp3) is 0.0435. The van der Waals surface area contributed by atoms with E-state index in [4.69, 9.17) is 0 Å². The van der Waals surface area contributed by atoms with Gasteiger partial charge in [0.1, 0.15) is 0 Å². The molecule has 0 radical (unpaired) electrons. The molecule has 0 bridgehead atoms. The van der Waals surface area contributed by atoms with Gasteiger partial charge in [0.2, 0.25) is 0 Å². The number of allylic oxidation sites excluding steroid dienone is 1. The molecule has 1 aromatic heterocycles. The Morgan fingerprint density at radius 1 is 0.923 bits per heavy atom. The summed E-state index contributed by atoms with van der Waals surface area (Å²) in [7, 11) is 0. The van der Waals surface area contributed by atoms with Gasteiger partial charge in [-0.05, 0) is 28.5 Å². The molecule has 0 saturated carbocycles. The maximum Gasteiger partial charge on any atom is 0.186 e. The quantitative estimate of drug-likeness (QED) is 0.380. The van der Waals surface area contributed by atoms with Crippen molar-refractivity contribution < 1.29 is 4.79 Å². The summed E-state index contributed by atoms with van der Waals surface area (Å²) in [6.07, 6.45) is 7.15. The summed E-state index contributed by atoms with van der Waals surface area (Å²) in [6, 6.07) is 23.9. The molecule has 0 spiro atoms. The van der Waals surface area contributed by atoms with Crippen molar-refractivity contribution in [2.45, 2.75) is 6.54 Å². The zero-order chi connectivity index (χ0) is 17.8. The summed E-state index contributed by atoms with van der Waals surface area (Å²) in [6.45, 7) is 0.714. The number of hydrogen-bond donors (Lipinski definition) is 0. The van der Waals surface area contributed by atoms with Crippen LogP contribution in [0.15, 0.2) is 91.3 Å². The fourth-order valence-electron chi connectivity index (χ4n) is 3.02. The highest BCUT2D eigenvalue weighted by Crippen LogP contribution is 2.19. The maximum absolute atomic E-state index is 12.6. The van der Waals surface area contributed by atoms with Crippen LogP contribution in [-0.4, -0.2) is 15.6 Å². The third kappa shape index (κ3) is 3.47. The van der Waals surface area contributed by atoms with Gasteiger partial charge in [0, 0.05) is 17.3 Å². The summed E-state index contributed by atoms with van der Waals surface area (Å²) in [5.41, 5.74) is 2.82. The molecule has 0 aliphatic heterocycles. The van der Waals surface area contributed by atoms with E-state index in [9.17, 15) is 4.79 Å². The zero-order valence-electron chi connectivity index (χ0n) is 14.2. The SMILES string of the molecule is O=C(/C=C/c1cnn(Cc2ccccc2)c1)c1cccc2ccccc12. The Hall–Kier alpha value is -3.46. The summed E-state index contributed by atoms with van der Waals surface area (Å²) >= 11 is 0. The second-order valence-electron chi connectivity index (χ2n) is 6.18. The van der Waals surface area contributed by atoms with Gasteiger partial charge in [0.15, 0.2) is 5.78 Å². The number of rotatable bonds is 5. The van der Waals surface area contributed by atoms with Crippen molar-refractivity contribution in [3.8, 4) is 0 Å². The number of carbonyl (C=O) groups excluding carboxylic acids is 1. The minimum Gasteiger partial charge on any atom is -0.289 e. The normalized spacial score (nSPS) is 11.2. The molecule has 0 aliphatic rings. The average molecular weight is 338 g/mol. The van der Waals surface area contributed by atoms with Crippen molar-refractivity contribution in [3.63, 3.8) is 0 Å². The third-order valence-corrected chi connectivity index (χ3v) is 4.32. The van der Waals surface area contributed by atoms with Crippen LogP contribution in [0.25, 0.3) is 16.8 Å².